The van der Waals surface area contributed by atoms with Crippen molar-refractivity contribution in [3.8, 4) is 0 Å². The minimum Gasteiger partial charge on any atom is -0.394 e. The van der Waals surface area contributed by atoms with Gasteiger partial charge >= 0.3 is 0 Å². The molecular weight excluding hydrogens is 296 g/mol. The van der Waals surface area contributed by atoms with Crippen LogP contribution in [0.1, 0.15) is 23.3 Å². The van der Waals surface area contributed by atoms with E-state index in [1.165, 1.54) is 35.1 Å². The Labute approximate surface area is 134 Å². The van der Waals surface area contributed by atoms with E-state index >= 15 is 0 Å². The molecule has 6 heteroatoms. The third kappa shape index (κ3) is 2.30. The van der Waals surface area contributed by atoms with Crippen molar-refractivity contribution in [2.45, 2.75) is 31.7 Å². The van der Waals surface area contributed by atoms with Crippen molar-refractivity contribution in [1.82, 2.24) is 14.9 Å². The minimum absolute atomic E-state index is 0.121. The second-order valence-electron chi connectivity index (χ2n) is 6.38. The van der Waals surface area contributed by atoms with E-state index in [-0.39, 0.29) is 12.6 Å². The maximum atomic E-state index is 9.79. The summed E-state index contributed by atoms with van der Waals surface area (Å²) in [5.41, 5.74) is 1.47. The number of hydrogen-bond acceptors (Lipinski definition) is 6. The van der Waals surface area contributed by atoms with Gasteiger partial charge in [-0.2, -0.15) is 0 Å². The lowest BCUT2D eigenvalue weighted by molar-refractivity contribution is 0.190. The zero-order chi connectivity index (χ0) is 15.1. The van der Waals surface area contributed by atoms with Gasteiger partial charge in [-0.05, 0) is 38.3 Å². The number of aliphatic hydroxyl groups excluding tert-OH is 1. The molecule has 0 amide bonds. The lowest BCUT2D eigenvalue weighted by Crippen LogP contribution is -2.54. The van der Waals surface area contributed by atoms with Crippen LogP contribution in [0.2, 0.25) is 0 Å². The lowest BCUT2D eigenvalue weighted by Gasteiger charge is -2.40. The molecule has 22 heavy (non-hydrogen) atoms. The van der Waals surface area contributed by atoms with Crippen LogP contribution in [0.15, 0.2) is 6.33 Å². The highest BCUT2D eigenvalue weighted by molar-refractivity contribution is 7.19. The molecule has 3 heterocycles. The van der Waals surface area contributed by atoms with Crippen molar-refractivity contribution < 1.29 is 5.11 Å². The van der Waals surface area contributed by atoms with E-state index in [1.807, 2.05) is 11.3 Å². The fourth-order valence-electron chi connectivity index (χ4n) is 3.74. The molecule has 0 bridgehead atoms. The molecule has 2 aromatic heterocycles. The zero-order valence-corrected chi connectivity index (χ0v) is 13.8. The van der Waals surface area contributed by atoms with Crippen LogP contribution in [0, 0.1) is 0 Å². The molecule has 0 spiro atoms. The van der Waals surface area contributed by atoms with Gasteiger partial charge in [-0.15, -0.1) is 11.3 Å². The first-order chi connectivity index (χ1) is 10.8. The van der Waals surface area contributed by atoms with Crippen molar-refractivity contribution in [3.63, 3.8) is 0 Å². The number of rotatable bonds is 2. The highest BCUT2D eigenvalue weighted by Gasteiger charge is 2.29. The van der Waals surface area contributed by atoms with E-state index in [0.29, 0.717) is 0 Å². The van der Waals surface area contributed by atoms with E-state index in [1.54, 1.807) is 6.33 Å². The number of piperazine rings is 1. The highest BCUT2D eigenvalue weighted by atomic mass is 32.1. The summed E-state index contributed by atoms with van der Waals surface area (Å²) in [5.74, 6) is 1.04. The maximum Gasteiger partial charge on any atom is 0.141 e. The summed E-state index contributed by atoms with van der Waals surface area (Å²) in [6, 6.07) is 0.121. The smallest absolute Gasteiger partial charge is 0.141 e. The second-order valence-corrected chi connectivity index (χ2v) is 7.46. The Bertz CT molecular complexity index is 686. The zero-order valence-electron chi connectivity index (χ0n) is 13.0. The van der Waals surface area contributed by atoms with E-state index < -0.39 is 0 Å². The van der Waals surface area contributed by atoms with Crippen LogP contribution in [0.4, 0.5) is 5.82 Å². The minimum atomic E-state index is 0.121. The van der Waals surface area contributed by atoms with Gasteiger partial charge in [-0.3, -0.25) is 0 Å². The van der Waals surface area contributed by atoms with Crippen LogP contribution in [-0.4, -0.2) is 59.3 Å². The summed E-state index contributed by atoms with van der Waals surface area (Å²) in [7, 11) is 2.11. The van der Waals surface area contributed by atoms with Crippen LogP contribution in [-0.2, 0) is 12.8 Å². The highest BCUT2D eigenvalue weighted by Crippen LogP contribution is 2.39. The van der Waals surface area contributed by atoms with Gasteiger partial charge in [0.05, 0.1) is 18.0 Å². The Morgan fingerprint density at radius 3 is 3.00 bits per heavy atom. The second kappa shape index (κ2) is 5.76. The number of aryl methyl sites for hydroxylation is 2. The maximum absolute atomic E-state index is 9.79. The first kappa shape index (κ1) is 14.4. The molecule has 118 valence electrons. The molecule has 5 nitrogen and oxygen atoms in total. The average molecular weight is 318 g/mol. The topological polar surface area (TPSA) is 52.5 Å². The number of hydrogen-bond donors (Lipinski definition) is 1. The molecule has 1 aliphatic heterocycles. The summed E-state index contributed by atoms with van der Waals surface area (Å²) in [4.78, 5) is 16.3. The quantitative estimate of drug-likeness (QED) is 0.913. The van der Waals surface area contributed by atoms with Gasteiger partial charge in [-0.1, -0.05) is 0 Å². The fraction of sp³-hybridized carbons (Fsp3) is 0.625. The fourth-order valence-corrected chi connectivity index (χ4v) is 4.96. The van der Waals surface area contributed by atoms with Crippen LogP contribution < -0.4 is 4.90 Å². The third-order valence-electron chi connectivity index (χ3n) is 4.90. The molecule has 2 aliphatic rings. The summed E-state index contributed by atoms with van der Waals surface area (Å²) in [6.07, 6.45) is 6.57. The Morgan fingerprint density at radius 1 is 1.27 bits per heavy atom. The molecule has 4 rings (SSSR count). The molecule has 0 saturated carbocycles. The standard InChI is InChI=1S/C16H22N4OS/c1-19-6-7-20(11(8-19)9-21)15-14-12-4-2-3-5-13(12)22-16(14)18-10-17-15/h10-11,21H,2-9H2,1H3. The largest absolute Gasteiger partial charge is 0.394 e. The van der Waals surface area contributed by atoms with Gasteiger partial charge in [0.2, 0.25) is 0 Å². The summed E-state index contributed by atoms with van der Waals surface area (Å²) in [6.45, 7) is 2.98. The van der Waals surface area contributed by atoms with Gasteiger partial charge in [0, 0.05) is 24.5 Å². The molecule has 0 radical (unpaired) electrons. The van der Waals surface area contributed by atoms with Crippen LogP contribution in [0.5, 0.6) is 0 Å². The number of fused-ring (bicyclic) bond motifs is 3. The number of anilines is 1. The van der Waals surface area contributed by atoms with Gasteiger partial charge in [0.15, 0.2) is 0 Å². The summed E-state index contributed by atoms with van der Waals surface area (Å²) >= 11 is 1.84. The van der Waals surface area contributed by atoms with E-state index in [4.69, 9.17) is 0 Å². The summed E-state index contributed by atoms with van der Waals surface area (Å²) in [5, 5.41) is 11.0. The Kier molecular flexibility index (Phi) is 3.76. The Balaban J connectivity index is 1.82. The Morgan fingerprint density at radius 2 is 2.14 bits per heavy atom. The first-order valence-corrected chi connectivity index (χ1v) is 8.91. The monoisotopic (exact) mass is 318 g/mol. The van der Waals surface area contributed by atoms with Gasteiger partial charge < -0.3 is 14.9 Å². The number of aliphatic hydroxyl groups is 1. The van der Waals surface area contributed by atoms with E-state index in [0.717, 1.165) is 36.7 Å². The predicted octanol–water partition coefficient (Wildman–Crippen LogP) is 1.68. The Hall–Kier alpha value is -1.24. The van der Waals surface area contributed by atoms with Gasteiger partial charge in [0.25, 0.3) is 0 Å². The molecule has 2 aromatic rings. The van der Waals surface area contributed by atoms with Crippen LogP contribution in [0.3, 0.4) is 0 Å². The molecule has 1 N–H and O–H groups in total. The third-order valence-corrected chi connectivity index (χ3v) is 6.10. The summed E-state index contributed by atoms with van der Waals surface area (Å²) < 4.78 is 0. The number of likely N-dealkylation sites (N-methyl/N-ethyl adjacent to an activating group) is 1. The van der Waals surface area contributed by atoms with Crippen LogP contribution in [0.25, 0.3) is 10.2 Å². The van der Waals surface area contributed by atoms with E-state index in [9.17, 15) is 5.11 Å². The van der Waals surface area contributed by atoms with E-state index in [2.05, 4.69) is 26.8 Å². The lowest BCUT2D eigenvalue weighted by atomic mass is 9.96. The van der Waals surface area contributed by atoms with Gasteiger partial charge in [-0.25, -0.2) is 9.97 Å². The first-order valence-electron chi connectivity index (χ1n) is 8.09. The van der Waals surface area contributed by atoms with Gasteiger partial charge in [0.1, 0.15) is 17.0 Å². The molecular formula is C16H22N4OS. The SMILES string of the molecule is CN1CCN(c2ncnc3sc4c(c23)CCCC4)C(CO)C1. The van der Waals surface area contributed by atoms with Crippen molar-refractivity contribution in [1.29, 1.82) is 0 Å². The number of thiophene rings is 1. The number of nitrogens with zero attached hydrogens (tertiary/aromatic N) is 4. The predicted molar refractivity (Wildman–Crippen MR) is 89.8 cm³/mol. The normalized spacial score (nSPS) is 23.0. The molecule has 1 unspecified atom stereocenters. The van der Waals surface area contributed by atoms with Crippen molar-refractivity contribution in [3.05, 3.63) is 16.8 Å². The average Bonchev–Trinajstić information content (AvgIpc) is 2.93. The molecule has 1 aliphatic carbocycles. The molecule has 1 fully saturated rings. The molecule has 1 atom stereocenters. The van der Waals surface area contributed by atoms with Crippen molar-refractivity contribution >= 4 is 27.4 Å². The van der Waals surface area contributed by atoms with Crippen LogP contribution >= 0.6 is 11.3 Å². The van der Waals surface area contributed by atoms with Crippen molar-refractivity contribution in [2.75, 3.05) is 38.2 Å². The number of aromatic nitrogens is 2. The molecule has 0 aromatic carbocycles. The molecule has 1 saturated heterocycles. The van der Waals surface area contributed by atoms with Crippen molar-refractivity contribution in [2.24, 2.45) is 0 Å².